The highest BCUT2D eigenvalue weighted by Crippen LogP contribution is 2.10. The van der Waals surface area contributed by atoms with Gasteiger partial charge in [-0.1, -0.05) is 37.4 Å². The SMILES string of the molecule is C=Cc1ccccc1C(=O)NC(=C)C(=O)OCC. The van der Waals surface area contributed by atoms with Crippen LogP contribution in [0.4, 0.5) is 0 Å². The number of hydrogen-bond acceptors (Lipinski definition) is 3. The van der Waals surface area contributed by atoms with Crippen molar-refractivity contribution < 1.29 is 14.3 Å². The molecule has 4 nitrogen and oxygen atoms in total. The molecule has 0 aliphatic heterocycles. The third-order valence-electron chi connectivity index (χ3n) is 2.21. The van der Waals surface area contributed by atoms with Crippen LogP contribution in [0.5, 0.6) is 0 Å². The number of nitrogens with one attached hydrogen (secondary N) is 1. The Morgan fingerprint density at radius 1 is 1.39 bits per heavy atom. The predicted molar refractivity (Wildman–Crippen MR) is 69.8 cm³/mol. The Balaban J connectivity index is 2.80. The molecule has 18 heavy (non-hydrogen) atoms. The summed E-state index contributed by atoms with van der Waals surface area (Å²) in [6, 6.07) is 6.93. The lowest BCUT2D eigenvalue weighted by Gasteiger charge is -2.09. The Morgan fingerprint density at radius 2 is 2.06 bits per heavy atom. The zero-order chi connectivity index (χ0) is 13.5. The van der Waals surface area contributed by atoms with Gasteiger partial charge in [-0.05, 0) is 18.6 Å². The van der Waals surface area contributed by atoms with Gasteiger partial charge in [0.05, 0.1) is 6.61 Å². The molecule has 0 spiro atoms. The number of amides is 1. The minimum atomic E-state index is -0.637. The molecule has 1 aromatic rings. The van der Waals surface area contributed by atoms with Crippen molar-refractivity contribution in [3.8, 4) is 0 Å². The maximum atomic E-state index is 11.9. The van der Waals surface area contributed by atoms with Gasteiger partial charge in [0.1, 0.15) is 5.70 Å². The molecule has 0 fully saturated rings. The topological polar surface area (TPSA) is 55.4 Å². The Hall–Kier alpha value is -2.36. The Bertz CT molecular complexity index is 492. The van der Waals surface area contributed by atoms with Crippen LogP contribution in [-0.2, 0) is 9.53 Å². The first-order valence-electron chi connectivity index (χ1n) is 5.49. The fourth-order valence-corrected chi connectivity index (χ4v) is 1.36. The second-order valence-corrected chi connectivity index (χ2v) is 3.44. The van der Waals surface area contributed by atoms with Crippen LogP contribution in [0.25, 0.3) is 6.08 Å². The molecule has 0 aliphatic carbocycles. The van der Waals surface area contributed by atoms with Crippen LogP contribution in [0.15, 0.2) is 43.1 Å². The summed E-state index contributed by atoms with van der Waals surface area (Å²) in [7, 11) is 0. The van der Waals surface area contributed by atoms with Crippen molar-refractivity contribution in [3.05, 3.63) is 54.2 Å². The number of esters is 1. The summed E-state index contributed by atoms with van der Waals surface area (Å²) in [5.41, 5.74) is 1.03. The van der Waals surface area contributed by atoms with Crippen molar-refractivity contribution in [2.75, 3.05) is 6.61 Å². The molecule has 0 saturated heterocycles. The van der Waals surface area contributed by atoms with Gasteiger partial charge in [-0.25, -0.2) is 4.79 Å². The fourth-order valence-electron chi connectivity index (χ4n) is 1.36. The number of ether oxygens (including phenoxy) is 1. The molecule has 0 saturated carbocycles. The third kappa shape index (κ3) is 3.31. The van der Waals surface area contributed by atoms with Crippen LogP contribution in [0.2, 0.25) is 0 Å². The molecule has 0 aliphatic rings. The molecule has 94 valence electrons. The van der Waals surface area contributed by atoms with E-state index < -0.39 is 11.9 Å². The van der Waals surface area contributed by atoms with Gasteiger partial charge in [-0.3, -0.25) is 4.79 Å². The molecule has 0 unspecified atom stereocenters. The van der Waals surface area contributed by atoms with E-state index in [-0.39, 0.29) is 12.3 Å². The van der Waals surface area contributed by atoms with E-state index in [1.165, 1.54) is 0 Å². The maximum Gasteiger partial charge on any atom is 0.354 e. The Kier molecular flexibility index (Phi) is 4.87. The molecular formula is C14H15NO3. The van der Waals surface area contributed by atoms with Gasteiger partial charge >= 0.3 is 5.97 Å². The van der Waals surface area contributed by atoms with Crippen molar-refractivity contribution in [1.29, 1.82) is 0 Å². The standard InChI is InChI=1S/C14H15NO3/c1-4-11-8-6-7-9-12(11)13(16)15-10(3)14(17)18-5-2/h4,6-9H,1,3,5H2,2H3,(H,15,16). The molecule has 1 rings (SSSR count). The molecule has 0 atom stereocenters. The lowest BCUT2D eigenvalue weighted by Crippen LogP contribution is -2.28. The van der Waals surface area contributed by atoms with Crippen molar-refractivity contribution in [1.82, 2.24) is 5.32 Å². The van der Waals surface area contributed by atoms with Gasteiger partial charge in [0.25, 0.3) is 5.91 Å². The van der Waals surface area contributed by atoms with Crippen LogP contribution in [0.1, 0.15) is 22.8 Å². The smallest absolute Gasteiger partial charge is 0.354 e. The van der Waals surface area contributed by atoms with Crippen LogP contribution in [-0.4, -0.2) is 18.5 Å². The number of rotatable bonds is 5. The van der Waals surface area contributed by atoms with Crippen molar-refractivity contribution in [2.24, 2.45) is 0 Å². The predicted octanol–water partition coefficient (Wildman–Crippen LogP) is 2.14. The summed E-state index contributed by atoms with van der Waals surface area (Å²) >= 11 is 0. The first-order chi connectivity index (χ1) is 8.60. The molecule has 0 heterocycles. The highest BCUT2D eigenvalue weighted by atomic mass is 16.5. The van der Waals surface area contributed by atoms with Crippen LogP contribution >= 0.6 is 0 Å². The summed E-state index contributed by atoms with van der Waals surface area (Å²) in [6.45, 7) is 9.00. The van der Waals surface area contributed by atoms with E-state index in [1.807, 2.05) is 0 Å². The Morgan fingerprint density at radius 3 is 2.67 bits per heavy atom. The van der Waals surface area contributed by atoms with E-state index in [4.69, 9.17) is 4.74 Å². The van der Waals surface area contributed by atoms with Crippen molar-refractivity contribution >= 4 is 18.0 Å². The van der Waals surface area contributed by atoms with Crippen molar-refractivity contribution in [2.45, 2.75) is 6.92 Å². The monoisotopic (exact) mass is 245 g/mol. The van der Waals surface area contributed by atoms with Crippen LogP contribution < -0.4 is 5.32 Å². The van der Waals surface area contributed by atoms with Crippen LogP contribution in [0.3, 0.4) is 0 Å². The summed E-state index contributed by atoms with van der Waals surface area (Å²) in [5, 5.41) is 2.40. The van der Waals surface area contributed by atoms with E-state index in [0.717, 1.165) is 0 Å². The van der Waals surface area contributed by atoms with Gasteiger partial charge < -0.3 is 10.1 Å². The normalized spacial score (nSPS) is 9.39. The van der Waals surface area contributed by atoms with Gasteiger partial charge in [-0.15, -0.1) is 0 Å². The second kappa shape index (κ2) is 6.39. The minimum Gasteiger partial charge on any atom is -0.461 e. The summed E-state index contributed by atoms with van der Waals surface area (Å²) < 4.78 is 4.72. The average Bonchev–Trinajstić information content (AvgIpc) is 2.38. The molecule has 1 N–H and O–H groups in total. The number of benzene rings is 1. The van der Waals surface area contributed by atoms with Gasteiger partial charge in [0.15, 0.2) is 0 Å². The quantitative estimate of drug-likeness (QED) is 0.638. The lowest BCUT2D eigenvalue weighted by atomic mass is 10.1. The Labute approximate surface area is 106 Å². The molecule has 0 radical (unpaired) electrons. The summed E-state index contributed by atoms with van der Waals surface area (Å²) in [5.74, 6) is -1.05. The van der Waals surface area contributed by atoms with Gasteiger partial charge in [0, 0.05) is 5.56 Å². The van der Waals surface area contributed by atoms with Gasteiger partial charge in [-0.2, -0.15) is 0 Å². The lowest BCUT2D eigenvalue weighted by molar-refractivity contribution is -0.138. The summed E-state index contributed by atoms with van der Waals surface area (Å²) in [6.07, 6.45) is 1.57. The number of carbonyl (C=O) groups is 2. The number of hydrogen-bond donors (Lipinski definition) is 1. The summed E-state index contributed by atoms with van der Waals surface area (Å²) in [4.78, 5) is 23.2. The van der Waals surface area contributed by atoms with E-state index in [9.17, 15) is 9.59 Å². The highest BCUT2D eigenvalue weighted by molar-refractivity contribution is 6.02. The fraction of sp³-hybridized carbons (Fsp3) is 0.143. The van der Waals surface area contributed by atoms with E-state index >= 15 is 0 Å². The van der Waals surface area contributed by atoms with E-state index in [1.54, 1.807) is 37.3 Å². The zero-order valence-electron chi connectivity index (χ0n) is 10.2. The third-order valence-corrected chi connectivity index (χ3v) is 2.21. The minimum absolute atomic E-state index is 0.0827. The van der Waals surface area contributed by atoms with Crippen molar-refractivity contribution in [3.63, 3.8) is 0 Å². The molecule has 0 bridgehead atoms. The molecule has 1 aromatic carbocycles. The maximum absolute atomic E-state index is 11.9. The highest BCUT2D eigenvalue weighted by Gasteiger charge is 2.14. The molecule has 0 aromatic heterocycles. The second-order valence-electron chi connectivity index (χ2n) is 3.44. The van der Waals surface area contributed by atoms with Gasteiger partial charge in [0.2, 0.25) is 0 Å². The van der Waals surface area contributed by atoms with E-state index in [2.05, 4.69) is 18.5 Å². The molecule has 1 amide bonds. The molecular weight excluding hydrogens is 230 g/mol. The molecule has 4 heteroatoms. The van der Waals surface area contributed by atoms with E-state index in [0.29, 0.717) is 11.1 Å². The first kappa shape index (κ1) is 13.7. The first-order valence-corrected chi connectivity index (χ1v) is 5.49. The average molecular weight is 245 g/mol. The largest absolute Gasteiger partial charge is 0.461 e. The zero-order valence-corrected chi connectivity index (χ0v) is 10.2. The number of carbonyl (C=O) groups excluding carboxylic acids is 2. The van der Waals surface area contributed by atoms with Crippen LogP contribution in [0, 0.1) is 0 Å².